The topological polar surface area (TPSA) is 56.1 Å². The van der Waals surface area contributed by atoms with Gasteiger partial charge in [-0.3, -0.25) is 4.90 Å². The van der Waals surface area contributed by atoms with Gasteiger partial charge in [0.05, 0.1) is 24.4 Å². The Morgan fingerprint density at radius 3 is 2.50 bits per heavy atom. The molecule has 2 heterocycles. The standard InChI is InChI=1S/C18H25N5O/c1-15-7-9-18(10-8-15,22-11-13-24-14-12-22)17-19-20-21-23(17)16-5-3-2-4-6-16/h2-6,15H,7-14H2,1H3. The predicted octanol–water partition coefficient (Wildman–Crippen LogP) is 2.40. The Morgan fingerprint density at radius 1 is 1.08 bits per heavy atom. The highest BCUT2D eigenvalue weighted by molar-refractivity contribution is 5.32. The Hall–Kier alpha value is -1.79. The highest BCUT2D eigenvalue weighted by Crippen LogP contribution is 2.43. The molecule has 0 N–H and O–H groups in total. The van der Waals surface area contributed by atoms with Gasteiger partial charge in [-0.25, -0.2) is 0 Å². The molecule has 1 saturated carbocycles. The molecule has 0 radical (unpaired) electrons. The molecule has 1 aliphatic carbocycles. The van der Waals surface area contributed by atoms with E-state index in [1.165, 1.54) is 12.8 Å². The van der Waals surface area contributed by atoms with Crippen LogP contribution in [0.4, 0.5) is 0 Å². The summed E-state index contributed by atoms with van der Waals surface area (Å²) in [6, 6.07) is 10.2. The highest BCUT2D eigenvalue weighted by Gasteiger charge is 2.45. The van der Waals surface area contributed by atoms with E-state index in [1.54, 1.807) is 0 Å². The highest BCUT2D eigenvalue weighted by atomic mass is 16.5. The summed E-state index contributed by atoms with van der Waals surface area (Å²) in [5.41, 5.74) is 0.957. The van der Waals surface area contributed by atoms with Crippen LogP contribution in [0.1, 0.15) is 38.4 Å². The maximum atomic E-state index is 5.59. The lowest BCUT2D eigenvalue weighted by Crippen LogP contribution is -2.54. The molecule has 0 atom stereocenters. The Morgan fingerprint density at radius 2 is 1.79 bits per heavy atom. The zero-order valence-electron chi connectivity index (χ0n) is 14.3. The van der Waals surface area contributed by atoms with Crippen molar-refractivity contribution >= 4 is 0 Å². The summed E-state index contributed by atoms with van der Waals surface area (Å²) in [6.45, 7) is 5.85. The summed E-state index contributed by atoms with van der Waals surface area (Å²) in [5, 5.41) is 12.9. The van der Waals surface area contributed by atoms with Crippen LogP contribution in [0.15, 0.2) is 30.3 Å². The maximum Gasteiger partial charge on any atom is 0.176 e. The predicted molar refractivity (Wildman–Crippen MR) is 90.9 cm³/mol. The number of aromatic nitrogens is 4. The van der Waals surface area contributed by atoms with Gasteiger partial charge in [-0.05, 0) is 54.2 Å². The van der Waals surface area contributed by atoms with E-state index in [0.717, 1.165) is 56.6 Å². The Kier molecular flexibility index (Phi) is 4.33. The number of rotatable bonds is 3. The third-order valence-electron chi connectivity index (χ3n) is 5.60. The van der Waals surface area contributed by atoms with Gasteiger partial charge in [0.1, 0.15) is 0 Å². The Labute approximate surface area is 142 Å². The molecule has 6 heteroatoms. The smallest absolute Gasteiger partial charge is 0.176 e. The molecular formula is C18H25N5O. The van der Waals surface area contributed by atoms with Crippen molar-refractivity contribution in [1.82, 2.24) is 25.1 Å². The van der Waals surface area contributed by atoms with Gasteiger partial charge in [0, 0.05) is 13.1 Å². The van der Waals surface area contributed by atoms with Crippen LogP contribution in [0.3, 0.4) is 0 Å². The van der Waals surface area contributed by atoms with Crippen LogP contribution in [-0.2, 0) is 10.3 Å². The van der Waals surface area contributed by atoms with Crippen molar-refractivity contribution < 1.29 is 4.74 Å². The molecule has 2 fully saturated rings. The fourth-order valence-corrected chi connectivity index (χ4v) is 4.13. The summed E-state index contributed by atoms with van der Waals surface area (Å²) in [7, 11) is 0. The van der Waals surface area contributed by atoms with Crippen LogP contribution >= 0.6 is 0 Å². The largest absolute Gasteiger partial charge is 0.379 e. The second-order valence-corrected chi connectivity index (χ2v) is 7.06. The molecular weight excluding hydrogens is 302 g/mol. The zero-order chi connectivity index (χ0) is 16.4. The number of tetrazole rings is 1. The van der Waals surface area contributed by atoms with Gasteiger partial charge in [-0.15, -0.1) is 5.10 Å². The van der Waals surface area contributed by atoms with E-state index in [-0.39, 0.29) is 5.54 Å². The van der Waals surface area contributed by atoms with Gasteiger partial charge in [-0.2, -0.15) is 4.68 Å². The molecule has 128 valence electrons. The minimum atomic E-state index is -0.0738. The SMILES string of the molecule is CC1CCC(c2nnnn2-c2ccccc2)(N2CCOCC2)CC1. The summed E-state index contributed by atoms with van der Waals surface area (Å²) in [5.74, 6) is 1.77. The second-order valence-electron chi connectivity index (χ2n) is 7.06. The summed E-state index contributed by atoms with van der Waals surface area (Å²) < 4.78 is 7.52. The zero-order valence-corrected chi connectivity index (χ0v) is 14.3. The van der Waals surface area contributed by atoms with Gasteiger partial charge < -0.3 is 4.74 Å². The van der Waals surface area contributed by atoms with Crippen LogP contribution in [0, 0.1) is 5.92 Å². The molecule has 0 unspecified atom stereocenters. The van der Waals surface area contributed by atoms with E-state index >= 15 is 0 Å². The molecule has 4 rings (SSSR count). The van der Waals surface area contributed by atoms with Crippen molar-refractivity contribution in [3.63, 3.8) is 0 Å². The molecule has 0 spiro atoms. The van der Waals surface area contributed by atoms with Crippen molar-refractivity contribution in [2.24, 2.45) is 5.92 Å². The molecule has 2 aliphatic rings. The number of para-hydroxylation sites is 1. The van der Waals surface area contributed by atoms with Crippen LogP contribution < -0.4 is 0 Å². The van der Waals surface area contributed by atoms with Gasteiger partial charge in [0.2, 0.25) is 0 Å². The average molecular weight is 327 g/mol. The number of ether oxygens (including phenoxy) is 1. The Balaban J connectivity index is 1.76. The fraction of sp³-hybridized carbons (Fsp3) is 0.611. The number of hydrogen-bond donors (Lipinski definition) is 0. The fourth-order valence-electron chi connectivity index (χ4n) is 4.13. The van der Waals surface area contributed by atoms with Gasteiger partial charge >= 0.3 is 0 Å². The van der Waals surface area contributed by atoms with Gasteiger partial charge in [-0.1, -0.05) is 25.1 Å². The van der Waals surface area contributed by atoms with E-state index in [0.29, 0.717) is 0 Å². The number of hydrogen-bond acceptors (Lipinski definition) is 5. The third kappa shape index (κ3) is 2.74. The minimum Gasteiger partial charge on any atom is -0.379 e. The lowest BCUT2D eigenvalue weighted by atomic mass is 9.75. The first kappa shape index (κ1) is 15.7. The second kappa shape index (κ2) is 6.61. The van der Waals surface area contributed by atoms with E-state index in [1.807, 2.05) is 22.9 Å². The van der Waals surface area contributed by atoms with Crippen molar-refractivity contribution in [3.05, 3.63) is 36.2 Å². The molecule has 0 bridgehead atoms. The van der Waals surface area contributed by atoms with Gasteiger partial charge in [0.25, 0.3) is 0 Å². The first-order valence-electron chi connectivity index (χ1n) is 8.97. The quantitative estimate of drug-likeness (QED) is 0.866. The molecule has 1 aromatic heterocycles. The molecule has 6 nitrogen and oxygen atoms in total. The van der Waals surface area contributed by atoms with Crippen LogP contribution in [0.25, 0.3) is 5.69 Å². The van der Waals surface area contributed by atoms with E-state index in [4.69, 9.17) is 4.74 Å². The lowest BCUT2D eigenvalue weighted by molar-refractivity contribution is -0.0499. The lowest BCUT2D eigenvalue weighted by Gasteiger charge is -2.47. The molecule has 2 aromatic rings. The van der Waals surface area contributed by atoms with Gasteiger partial charge in [0.15, 0.2) is 5.82 Å². The maximum absolute atomic E-state index is 5.59. The monoisotopic (exact) mass is 327 g/mol. The number of nitrogens with zero attached hydrogens (tertiary/aromatic N) is 5. The molecule has 1 aliphatic heterocycles. The van der Waals surface area contributed by atoms with Crippen molar-refractivity contribution in [1.29, 1.82) is 0 Å². The summed E-state index contributed by atoms with van der Waals surface area (Å²) >= 11 is 0. The molecule has 0 amide bonds. The van der Waals surface area contributed by atoms with Crippen LogP contribution in [0.5, 0.6) is 0 Å². The molecule has 1 aromatic carbocycles. The average Bonchev–Trinajstić information content (AvgIpc) is 3.14. The first-order chi connectivity index (χ1) is 11.8. The molecule has 24 heavy (non-hydrogen) atoms. The summed E-state index contributed by atoms with van der Waals surface area (Å²) in [4.78, 5) is 2.56. The van der Waals surface area contributed by atoms with Crippen molar-refractivity contribution in [2.45, 2.75) is 38.1 Å². The van der Waals surface area contributed by atoms with Crippen LogP contribution in [-0.4, -0.2) is 51.4 Å². The van der Waals surface area contributed by atoms with E-state index < -0.39 is 0 Å². The minimum absolute atomic E-state index is 0.0738. The number of benzene rings is 1. The first-order valence-corrected chi connectivity index (χ1v) is 8.97. The molecule has 1 saturated heterocycles. The normalized spacial score (nSPS) is 28.8. The van der Waals surface area contributed by atoms with Crippen molar-refractivity contribution in [3.8, 4) is 5.69 Å². The van der Waals surface area contributed by atoms with E-state index in [2.05, 4.69) is 39.5 Å². The number of morpholine rings is 1. The van der Waals surface area contributed by atoms with Crippen LogP contribution in [0.2, 0.25) is 0 Å². The van der Waals surface area contributed by atoms with Crippen molar-refractivity contribution in [2.75, 3.05) is 26.3 Å². The Bertz CT molecular complexity index is 657. The third-order valence-corrected chi connectivity index (χ3v) is 5.60. The summed E-state index contributed by atoms with van der Waals surface area (Å²) in [6.07, 6.45) is 4.67. The van der Waals surface area contributed by atoms with E-state index in [9.17, 15) is 0 Å².